The zero-order chi connectivity index (χ0) is 19.6. The Hall–Kier alpha value is -0.540. The molecule has 1 aliphatic rings. The molecule has 1 fully saturated rings. The molecule has 0 saturated carbocycles. The van der Waals surface area contributed by atoms with Crippen LogP contribution in [-0.2, 0) is 23.7 Å². The van der Waals surface area contributed by atoms with E-state index in [1.165, 1.54) is 0 Å². The van der Waals surface area contributed by atoms with Gasteiger partial charge in [0.05, 0.1) is 59.5 Å². The standard InChI is InChI=1S/C20H40N2O5/c1-4-20(3)22-9-14-24-11-6-21(7-12-25-17-16-23-5-2)8-13-26-18-19-27-15-10-22/h4,20H,1,5-19H2,2-3H3. The highest BCUT2D eigenvalue weighted by atomic mass is 16.5. The third kappa shape index (κ3) is 13.3. The second kappa shape index (κ2) is 17.6. The maximum Gasteiger partial charge on any atom is 0.0701 e. The molecule has 0 radical (unpaired) electrons. The lowest BCUT2D eigenvalue weighted by Gasteiger charge is -2.27. The van der Waals surface area contributed by atoms with Crippen LogP contribution in [0, 0.1) is 0 Å². The molecular formula is C20H40N2O5. The summed E-state index contributed by atoms with van der Waals surface area (Å²) in [7, 11) is 0. The van der Waals surface area contributed by atoms with Gasteiger partial charge >= 0.3 is 0 Å². The maximum atomic E-state index is 5.86. The largest absolute Gasteiger partial charge is 0.379 e. The van der Waals surface area contributed by atoms with Crippen LogP contribution >= 0.6 is 0 Å². The highest BCUT2D eigenvalue weighted by Crippen LogP contribution is 2.01. The molecular weight excluding hydrogens is 348 g/mol. The fraction of sp³-hybridized carbons (Fsp3) is 0.900. The summed E-state index contributed by atoms with van der Waals surface area (Å²) in [6.45, 7) is 19.2. The van der Waals surface area contributed by atoms with Gasteiger partial charge in [-0.3, -0.25) is 9.80 Å². The highest BCUT2D eigenvalue weighted by molar-refractivity contribution is 4.84. The van der Waals surface area contributed by atoms with Crippen molar-refractivity contribution in [2.75, 3.05) is 98.8 Å². The monoisotopic (exact) mass is 388 g/mol. The van der Waals surface area contributed by atoms with Crippen LogP contribution in [0.15, 0.2) is 12.7 Å². The van der Waals surface area contributed by atoms with Crippen LogP contribution in [0.25, 0.3) is 0 Å². The van der Waals surface area contributed by atoms with Gasteiger partial charge in [-0.1, -0.05) is 6.08 Å². The normalized spacial score (nSPS) is 21.3. The average Bonchev–Trinajstić information content (AvgIpc) is 2.69. The summed E-state index contributed by atoms with van der Waals surface area (Å²) >= 11 is 0. The molecule has 7 nitrogen and oxygen atoms in total. The van der Waals surface area contributed by atoms with E-state index < -0.39 is 0 Å². The lowest BCUT2D eigenvalue weighted by Crippen LogP contribution is -2.38. The molecule has 160 valence electrons. The minimum absolute atomic E-state index is 0.314. The molecule has 7 heteroatoms. The van der Waals surface area contributed by atoms with Gasteiger partial charge in [-0.05, 0) is 13.8 Å². The van der Waals surface area contributed by atoms with Crippen molar-refractivity contribution in [1.29, 1.82) is 0 Å². The van der Waals surface area contributed by atoms with Gasteiger partial charge in [-0.2, -0.15) is 0 Å². The lowest BCUT2D eigenvalue weighted by molar-refractivity contribution is 0.0205. The maximum absolute atomic E-state index is 5.86. The first-order valence-electron chi connectivity index (χ1n) is 10.3. The Kier molecular flexibility index (Phi) is 15.9. The van der Waals surface area contributed by atoms with E-state index in [4.69, 9.17) is 23.7 Å². The summed E-state index contributed by atoms with van der Waals surface area (Å²) in [6.07, 6.45) is 1.96. The lowest BCUT2D eigenvalue weighted by atomic mass is 10.3. The summed E-state index contributed by atoms with van der Waals surface area (Å²) in [6, 6.07) is 0.314. The Morgan fingerprint density at radius 1 is 0.852 bits per heavy atom. The van der Waals surface area contributed by atoms with Crippen LogP contribution in [0.1, 0.15) is 13.8 Å². The Morgan fingerprint density at radius 3 is 2.00 bits per heavy atom. The molecule has 0 aromatic rings. The molecule has 1 atom stereocenters. The van der Waals surface area contributed by atoms with E-state index in [1.807, 2.05) is 13.0 Å². The van der Waals surface area contributed by atoms with E-state index in [0.29, 0.717) is 65.5 Å². The number of ether oxygens (including phenoxy) is 5. The molecule has 0 amide bonds. The SMILES string of the molecule is C=CC(C)N1CCOCCOCCN(CCOCCOCC)CCOCC1. The van der Waals surface area contributed by atoms with E-state index in [2.05, 4.69) is 23.3 Å². The second-order valence-corrected chi connectivity index (χ2v) is 6.50. The fourth-order valence-electron chi connectivity index (χ4n) is 2.74. The molecule has 27 heavy (non-hydrogen) atoms. The summed E-state index contributed by atoms with van der Waals surface area (Å²) in [4.78, 5) is 4.66. The van der Waals surface area contributed by atoms with Gasteiger partial charge in [-0.25, -0.2) is 0 Å². The van der Waals surface area contributed by atoms with Crippen molar-refractivity contribution in [3.63, 3.8) is 0 Å². The number of rotatable bonds is 9. The third-order valence-corrected chi connectivity index (χ3v) is 4.57. The van der Waals surface area contributed by atoms with Gasteiger partial charge in [0.25, 0.3) is 0 Å². The van der Waals surface area contributed by atoms with Crippen molar-refractivity contribution in [3.05, 3.63) is 12.7 Å². The molecule has 0 aliphatic carbocycles. The first kappa shape index (κ1) is 24.5. The van der Waals surface area contributed by atoms with Crippen molar-refractivity contribution in [2.24, 2.45) is 0 Å². The van der Waals surface area contributed by atoms with Gasteiger partial charge < -0.3 is 23.7 Å². The molecule has 1 aliphatic heterocycles. The summed E-state index contributed by atoms with van der Waals surface area (Å²) in [5.74, 6) is 0. The van der Waals surface area contributed by atoms with Crippen LogP contribution < -0.4 is 0 Å². The third-order valence-electron chi connectivity index (χ3n) is 4.57. The predicted molar refractivity (Wildman–Crippen MR) is 107 cm³/mol. The minimum Gasteiger partial charge on any atom is -0.379 e. The van der Waals surface area contributed by atoms with Crippen molar-refractivity contribution in [2.45, 2.75) is 19.9 Å². The average molecular weight is 389 g/mol. The zero-order valence-corrected chi connectivity index (χ0v) is 17.4. The van der Waals surface area contributed by atoms with Crippen molar-refractivity contribution in [1.82, 2.24) is 9.80 Å². The second-order valence-electron chi connectivity index (χ2n) is 6.50. The minimum atomic E-state index is 0.314. The van der Waals surface area contributed by atoms with Gasteiger partial charge in [0.1, 0.15) is 0 Å². The smallest absolute Gasteiger partial charge is 0.0701 e. The quantitative estimate of drug-likeness (QED) is 0.436. The van der Waals surface area contributed by atoms with Crippen molar-refractivity contribution in [3.8, 4) is 0 Å². The number of hydrogen-bond donors (Lipinski definition) is 0. The van der Waals surface area contributed by atoms with Crippen LogP contribution in [0.4, 0.5) is 0 Å². The summed E-state index contributed by atoms with van der Waals surface area (Å²) in [5.41, 5.74) is 0. The predicted octanol–water partition coefficient (Wildman–Crippen LogP) is 1.28. The van der Waals surface area contributed by atoms with Crippen molar-refractivity contribution >= 4 is 0 Å². The number of nitrogens with zero attached hydrogens (tertiary/aromatic N) is 2. The number of hydrogen-bond acceptors (Lipinski definition) is 7. The molecule has 1 heterocycles. The molecule has 0 spiro atoms. The molecule has 0 N–H and O–H groups in total. The van der Waals surface area contributed by atoms with Crippen molar-refractivity contribution < 1.29 is 23.7 Å². The fourth-order valence-corrected chi connectivity index (χ4v) is 2.74. The zero-order valence-electron chi connectivity index (χ0n) is 17.4. The first-order chi connectivity index (χ1) is 13.3. The molecule has 0 bridgehead atoms. The van der Waals surface area contributed by atoms with Gasteiger partial charge in [0.15, 0.2) is 0 Å². The Bertz CT molecular complexity index is 346. The summed E-state index contributed by atoms with van der Waals surface area (Å²) < 4.78 is 28.2. The highest BCUT2D eigenvalue weighted by Gasteiger charge is 2.11. The molecule has 1 rings (SSSR count). The van der Waals surface area contributed by atoms with Crippen LogP contribution in [-0.4, -0.2) is 115 Å². The van der Waals surface area contributed by atoms with Crippen LogP contribution in [0.5, 0.6) is 0 Å². The summed E-state index contributed by atoms with van der Waals surface area (Å²) in [5, 5.41) is 0. The molecule has 1 saturated heterocycles. The molecule has 0 aromatic heterocycles. The first-order valence-corrected chi connectivity index (χ1v) is 10.3. The Labute approximate surface area is 165 Å². The van der Waals surface area contributed by atoms with E-state index in [-0.39, 0.29) is 0 Å². The van der Waals surface area contributed by atoms with E-state index in [9.17, 15) is 0 Å². The molecule has 1 unspecified atom stereocenters. The molecule has 0 aromatic carbocycles. The van der Waals surface area contributed by atoms with E-state index in [1.54, 1.807) is 0 Å². The topological polar surface area (TPSA) is 52.6 Å². The van der Waals surface area contributed by atoms with Gasteiger partial charge in [0.2, 0.25) is 0 Å². The Balaban J connectivity index is 2.33. The van der Waals surface area contributed by atoms with Crippen LogP contribution in [0.3, 0.4) is 0 Å². The Morgan fingerprint density at radius 2 is 1.41 bits per heavy atom. The van der Waals surface area contributed by atoms with Gasteiger partial charge in [-0.15, -0.1) is 6.58 Å². The van der Waals surface area contributed by atoms with E-state index >= 15 is 0 Å². The van der Waals surface area contributed by atoms with Gasteiger partial charge in [0, 0.05) is 45.4 Å². The van der Waals surface area contributed by atoms with E-state index in [0.717, 1.165) is 39.3 Å². The van der Waals surface area contributed by atoms with Crippen LogP contribution in [0.2, 0.25) is 0 Å².